The molecule has 0 aliphatic carbocycles. The van der Waals surface area contributed by atoms with Crippen LogP contribution in [0.2, 0.25) is 0 Å². The number of azo groups is 1. The summed E-state index contributed by atoms with van der Waals surface area (Å²) < 4.78 is 14.3. The van der Waals surface area contributed by atoms with Gasteiger partial charge in [-0.3, -0.25) is 14.0 Å². The van der Waals surface area contributed by atoms with E-state index in [4.69, 9.17) is 0 Å². The molecule has 0 saturated carbocycles. The summed E-state index contributed by atoms with van der Waals surface area (Å²) >= 11 is 0. The van der Waals surface area contributed by atoms with Crippen LogP contribution in [-0.2, 0) is 90.8 Å². The zero-order valence-electron chi connectivity index (χ0n) is 96.8. The molecule has 23 heteroatoms. The number of unbranched alkanes of at least 4 members (excludes halogenated alkanes) is 11. The number of aromatic nitrogens is 21. The molecular formula is C116H223N23. The normalized spacial score (nSPS) is 12.6. The Morgan fingerprint density at radius 1 is 0.223 bits per heavy atom. The van der Waals surface area contributed by atoms with Gasteiger partial charge in [0.2, 0.25) is 0 Å². The second-order valence-corrected chi connectivity index (χ2v) is 47.6. The third kappa shape index (κ3) is 76.6. The van der Waals surface area contributed by atoms with Crippen LogP contribution in [0.1, 0.15) is 499 Å². The molecule has 0 spiro atoms. The van der Waals surface area contributed by atoms with E-state index < -0.39 is 0 Å². The smallest absolute Gasteiger partial charge is 0.0940 e. The highest BCUT2D eigenvalue weighted by atomic mass is 15.5. The zero-order valence-corrected chi connectivity index (χ0v) is 96.8. The molecule has 0 N–H and O–H groups in total. The molecule has 1 aliphatic rings. The molecule has 0 saturated heterocycles. The summed E-state index contributed by atoms with van der Waals surface area (Å²) in [6, 6.07) is 0.400. The van der Waals surface area contributed by atoms with Crippen LogP contribution in [0, 0.1) is 94.7 Å². The summed E-state index contributed by atoms with van der Waals surface area (Å²) in [6.07, 6.45) is 71.2. The SMILES string of the molecule is CC(C)CCCCCC1=CN=NC1CCC(C)C.CC(C)CCCCCc1cnnn1CC(C)C.CC(C)CCCCCc1cnnn1CCCC(C)C.CC(C)CCCCCc1cnnn1CCCC(C)C.CC(C)CCCCCn1cc(CC(C)C)nn1.CC(C)CCCCc1cn(CCC(C)C)nn1.CC(C)CCCc1cn(CCC(C)C)nn1.CC(C)CCCn1nncc1CCC(C)C. The second kappa shape index (κ2) is 82.6. The van der Waals surface area contributed by atoms with E-state index in [-0.39, 0.29) is 0 Å². The lowest BCUT2D eigenvalue weighted by atomic mass is 9.95. The van der Waals surface area contributed by atoms with Crippen molar-refractivity contribution in [1.29, 1.82) is 0 Å². The van der Waals surface area contributed by atoms with Crippen LogP contribution in [0.25, 0.3) is 0 Å². The molecular weight excluding hydrogens is 1720 g/mol. The van der Waals surface area contributed by atoms with Crippen LogP contribution < -0.4 is 0 Å². The lowest BCUT2D eigenvalue weighted by Crippen LogP contribution is -2.09. The molecule has 1 atom stereocenters. The minimum atomic E-state index is 0.400. The van der Waals surface area contributed by atoms with Crippen molar-refractivity contribution in [2.45, 2.75) is 556 Å². The van der Waals surface area contributed by atoms with Gasteiger partial charge in [-0.1, -0.05) is 374 Å². The topological polar surface area (TPSA) is 240 Å². The van der Waals surface area contributed by atoms with Crippen molar-refractivity contribution in [3.05, 3.63) is 95.0 Å². The quantitative estimate of drug-likeness (QED) is 0.0322. The highest BCUT2D eigenvalue weighted by molar-refractivity contribution is 5.14. The lowest BCUT2D eigenvalue weighted by Gasteiger charge is -2.12. The number of hydrogen-bond donors (Lipinski definition) is 0. The molecule has 0 aromatic carbocycles. The van der Waals surface area contributed by atoms with Crippen LogP contribution >= 0.6 is 0 Å². The fourth-order valence-electron chi connectivity index (χ4n) is 16.2. The molecule has 23 nitrogen and oxygen atoms in total. The van der Waals surface area contributed by atoms with E-state index in [2.05, 4.69) is 341 Å². The van der Waals surface area contributed by atoms with Crippen molar-refractivity contribution < 1.29 is 0 Å². The van der Waals surface area contributed by atoms with Gasteiger partial charge in [0.25, 0.3) is 0 Å². The Labute approximate surface area is 855 Å². The zero-order chi connectivity index (χ0) is 104. The maximum Gasteiger partial charge on any atom is 0.0940 e. The summed E-state index contributed by atoms with van der Waals surface area (Å²) in [4.78, 5) is 0. The molecule has 0 fully saturated rings. The maximum absolute atomic E-state index is 4.35. The first-order valence-electron chi connectivity index (χ1n) is 57.4. The summed E-state index contributed by atoms with van der Waals surface area (Å²) in [5.74, 6) is 12.4. The van der Waals surface area contributed by atoms with Gasteiger partial charge in [0.15, 0.2) is 0 Å². The van der Waals surface area contributed by atoms with Gasteiger partial charge in [0.05, 0.1) is 76.9 Å². The Hall–Kier alpha value is -6.68. The van der Waals surface area contributed by atoms with Crippen molar-refractivity contribution in [3.63, 3.8) is 0 Å². The largest absolute Gasteiger partial charge is 0.252 e. The molecule has 0 radical (unpaired) electrons. The first kappa shape index (κ1) is 130. The highest BCUT2D eigenvalue weighted by Gasteiger charge is 2.19. The van der Waals surface area contributed by atoms with Crippen LogP contribution in [0.15, 0.2) is 65.4 Å². The summed E-state index contributed by atoms with van der Waals surface area (Å²) in [6.45, 7) is 79.6. The average molecular weight is 1940 g/mol. The molecule has 1 unspecified atom stereocenters. The van der Waals surface area contributed by atoms with Gasteiger partial charge in [-0.15, -0.1) is 35.7 Å². The van der Waals surface area contributed by atoms with Gasteiger partial charge in [0.1, 0.15) is 0 Å². The summed E-state index contributed by atoms with van der Waals surface area (Å²) in [5.41, 5.74) is 10.1. The number of aryl methyl sites for hydroxylation is 12. The van der Waals surface area contributed by atoms with E-state index in [1.54, 1.807) is 0 Å². The fourth-order valence-corrected chi connectivity index (χ4v) is 16.2. The third-order valence-corrected chi connectivity index (χ3v) is 25.1. The molecule has 0 amide bonds. The Morgan fingerprint density at radius 2 is 0.511 bits per heavy atom. The number of rotatable bonds is 67. The van der Waals surface area contributed by atoms with E-state index in [0.717, 1.165) is 191 Å². The molecule has 802 valence electrons. The van der Waals surface area contributed by atoms with Crippen LogP contribution in [0.5, 0.6) is 0 Å². The number of nitrogens with zero attached hydrogens (tertiary/aromatic N) is 23. The molecule has 0 bridgehead atoms. The Bertz CT molecular complexity index is 3850. The lowest BCUT2D eigenvalue weighted by molar-refractivity contribution is 0.453. The minimum absolute atomic E-state index is 0.400. The van der Waals surface area contributed by atoms with E-state index in [9.17, 15) is 0 Å². The van der Waals surface area contributed by atoms with Crippen LogP contribution in [0.4, 0.5) is 0 Å². The van der Waals surface area contributed by atoms with Crippen LogP contribution in [0.3, 0.4) is 0 Å². The van der Waals surface area contributed by atoms with Crippen molar-refractivity contribution >= 4 is 0 Å². The van der Waals surface area contributed by atoms with E-state index >= 15 is 0 Å². The maximum atomic E-state index is 4.35. The van der Waals surface area contributed by atoms with Gasteiger partial charge >= 0.3 is 0 Å². The van der Waals surface area contributed by atoms with E-state index in [0.29, 0.717) is 17.9 Å². The van der Waals surface area contributed by atoms with Crippen molar-refractivity contribution in [2.75, 3.05) is 0 Å². The fraction of sp³-hybridized carbons (Fsp3) is 0.862. The third-order valence-electron chi connectivity index (χ3n) is 25.1. The molecule has 8 rings (SSSR count). The minimum Gasteiger partial charge on any atom is -0.252 e. The van der Waals surface area contributed by atoms with Gasteiger partial charge in [-0.25, -0.2) is 18.7 Å². The van der Waals surface area contributed by atoms with E-state index in [1.807, 2.05) is 45.0 Å². The Morgan fingerprint density at radius 3 is 0.871 bits per heavy atom. The molecule has 8 heterocycles. The van der Waals surface area contributed by atoms with Gasteiger partial charge < -0.3 is 0 Å². The first-order chi connectivity index (χ1) is 66.2. The molecule has 1 aliphatic heterocycles. The Kier molecular flexibility index (Phi) is 77.4. The average Bonchev–Trinajstić information content (AvgIpc) is 1.78. The first-order valence-corrected chi connectivity index (χ1v) is 57.4. The van der Waals surface area contributed by atoms with Crippen molar-refractivity contribution in [3.8, 4) is 0 Å². The van der Waals surface area contributed by atoms with Gasteiger partial charge in [0, 0.05) is 64.4 Å². The second-order valence-electron chi connectivity index (χ2n) is 47.6. The number of hydrogen-bond acceptors (Lipinski definition) is 16. The van der Waals surface area contributed by atoms with Crippen molar-refractivity contribution in [2.24, 2.45) is 105 Å². The van der Waals surface area contributed by atoms with Gasteiger partial charge in [-0.05, 0) is 267 Å². The molecule has 7 aromatic heterocycles. The summed E-state index contributed by atoms with van der Waals surface area (Å²) in [5, 5.41) is 66.4. The monoisotopic (exact) mass is 1940 g/mol. The highest BCUT2D eigenvalue weighted by Crippen LogP contribution is 2.28. The van der Waals surface area contributed by atoms with Crippen LogP contribution in [-0.4, -0.2) is 111 Å². The summed E-state index contributed by atoms with van der Waals surface area (Å²) in [7, 11) is 0. The predicted molar refractivity (Wildman–Crippen MR) is 591 cm³/mol. The Balaban J connectivity index is 0.000000795. The van der Waals surface area contributed by atoms with Gasteiger partial charge in [-0.2, -0.15) is 10.2 Å². The molecule has 7 aromatic rings. The van der Waals surface area contributed by atoms with Crippen molar-refractivity contribution in [1.82, 2.24) is 105 Å². The standard InChI is InChI=1S/2C16H31N3.C16H30N2.3C14H27N3.2C13H25N3/c2*1-14(2)9-6-5-7-11-16-13-17-18-19(16)12-8-10-15(3)4;1-13(2)8-6-5-7-9-15-12-17-18-16(15)11-10-14(3)4;1-12(2)7-5-6-8-14-11-17(16-15-14)10-9-13(3)4;1-12(2)8-6-5-7-9-14-10-15-16-17(14)11-13(3)4;1-12(2)8-6-5-7-9-17-11-14(15-16-17)10-13(3)4;1-11(2)6-5-9-16-13(10-14-15-16)8-7-12(3)4;1-11(2)6-5-7-13-10-16(15-14-13)9-8-12(3)4/h2*13-15H,5-12H2,1-4H3;12-14,16H,5-11H2,1-4H3;11-13H,5-10H2,1-4H3;10,12-13H,5-9,11H2,1-4H3;11-13H,5-10H2,1-4H3;2*10-12H,5-9H2,1-4H3. The van der Waals surface area contributed by atoms with E-state index in [1.165, 1.54) is 266 Å². The molecule has 139 heavy (non-hydrogen) atoms. The predicted octanol–water partition coefficient (Wildman–Crippen LogP) is 32.4.